The molecule has 2 aromatic rings. The van der Waals surface area contributed by atoms with Crippen LogP contribution in [-0.4, -0.2) is 29.4 Å². The van der Waals surface area contributed by atoms with E-state index >= 15 is 0 Å². The Morgan fingerprint density at radius 3 is 3.10 bits per heavy atom. The lowest BCUT2D eigenvalue weighted by molar-refractivity contribution is 0.00906. The fourth-order valence-electron chi connectivity index (χ4n) is 2.79. The number of aromatic nitrogens is 2. The van der Waals surface area contributed by atoms with E-state index in [1.54, 1.807) is 7.11 Å². The molecule has 0 aliphatic carbocycles. The standard InChI is InChI=1S/C15H21N3O2/c1-19-12-5-6-13-14(10-12)18(15(16)17-13)8-7-11-4-2-3-9-20-11/h5-6,10-11H,2-4,7-9H2,1H3,(H2,16,17). The van der Waals surface area contributed by atoms with Gasteiger partial charge in [-0.15, -0.1) is 0 Å². The third kappa shape index (κ3) is 2.58. The lowest BCUT2D eigenvalue weighted by Crippen LogP contribution is -2.21. The van der Waals surface area contributed by atoms with Gasteiger partial charge in [-0.3, -0.25) is 0 Å². The number of hydrogen-bond acceptors (Lipinski definition) is 4. The summed E-state index contributed by atoms with van der Waals surface area (Å²) < 4.78 is 13.1. The summed E-state index contributed by atoms with van der Waals surface area (Å²) in [5.41, 5.74) is 7.97. The van der Waals surface area contributed by atoms with E-state index in [2.05, 4.69) is 9.55 Å². The molecule has 1 aliphatic heterocycles. The quantitative estimate of drug-likeness (QED) is 0.931. The molecule has 0 bridgehead atoms. The van der Waals surface area contributed by atoms with Crippen LogP contribution in [0.2, 0.25) is 0 Å². The van der Waals surface area contributed by atoms with Gasteiger partial charge in [0.2, 0.25) is 5.95 Å². The Bertz CT molecular complexity index is 588. The van der Waals surface area contributed by atoms with Crippen LogP contribution in [0.15, 0.2) is 18.2 Å². The smallest absolute Gasteiger partial charge is 0.201 e. The van der Waals surface area contributed by atoms with Crippen molar-refractivity contribution < 1.29 is 9.47 Å². The number of hydrogen-bond donors (Lipinski definition) is 1. The van der Waals surface area contributed by atoms with E-state index in [1.165, 1.54) is 12.8 Å². The van der Waals surface area contributed by atoms with Crippen molar-refractivity contribution in [2.45, 2.75) is 38.3 Å². The zero-order valence-corrected chi connectivity index (χ0v) is 11.8. The van der Waals surface area contributed by atoms with Crippen molar-refractivity contribution in [2.75, 3.05) is 19.5 Å². The van der Waals surface area contributed by atoms with Crippen molar-refractivity contribution in [1.82, 2.24) is 9.55 Å². The van der Waals surface area contributed by atoms with E-state index in [4.69, 9.17) is 15.2 Å². The van der Waals surface area contributed by atoms with Gasteiger partial charge in [0.25, 0.3) is 0 Å². The molecule has 1 aromatic carbocycles. The van der Waals surface area contributed by atoms with Crippen LogP contribution in [-0.2, 0) is 11.3 Å². The van der Waals surface area contributed by atoms with E-state index in [-0.39, 0.29) is 0 Å². The van der Waals surface area contributed by atoms with Gasteiger partial charge < -0.3 is 19.8 Å². The summed E-state index contributed by atoms with van der Waals surface area (Å²) in [6.07, 6.45) is 4.93. The number of benzene rings is 1. The minimum Gasteiger partial charge on any atom is -0.497 e. The molecule has 2 heterocycles. The zero-order chi connectivity index (χ0) is 13.9. The lowest BCUT2D eigenvalue weighted by atomic mass is 10.1. The topological polar surface area (TPSA) is 62.3 Å². The molecule has 0 amide bonds. The summed E-state index contributed by atoms with van der Waals surface area (Å²) in [5.74, 6) is 1.39. The highest BCUT2D eigenvalue weighted by atomic mass is 16.5. The second-order valence-electron chi connectivity index (χ2n) is 5.25. The third-order valence-electron chi connectivity index (χ3n) is 3.93. The maximum Gasteiger partial charge on any atom is 0.201 e. The van der Waals surface area contributed by atoms with Gasteiger partial charge in [-0.1, -0.05) is 0 Å². The highest BCUT2D eigenvalue weighted by Crippen LogP contribution is 2.24. The van der Waals surface area contributed by atoms with Gasteiger partial charge in [0.15, 0.2) is 0 Å². The molecular formula is C15H21N3O2. The number of imidazole rings is 1. The average molecular weight is 275 g/mol. The summed E-state index contributed by atoms with van der Waals surface area (Å²) in [7, 11) is 1.67. The van der Waals surface area contributed by atoms with Crippen molar-refractivity contribution in [2.24, 2.45) is 0 Å². The first kappa shape index (κ1) is 13.2. The van der Waals surface area contributed by atoms with Crippen LogP contribution in [0.3, 0.4) is 0 Å². The molecule has 5 nitrogen and oxygen atoms in total. The van der Waals surface area contributed by atoms with Crippen LogP contribution in [0, 0.1) is 0 Å². The molecule has 0 spiro atoms. The highest BCUT2D eigenvalue weighted by molar-refractivity contribution is 5.79. The monoisotopic (exact) mass is 275 g/mol. The van der Waals surface area contributed by atoms with Gasteiger partial charge in [0.05, 0.1) is 24.2 Å². The number of rotatable bonds is 4. The number of ether oxygens (including phenoxy) is 2. The summed E-state index contributed by atoms with van der Waals surface area (Å²) in [6.45, 7) is 1.72. The van der Waals surface area contributed by atoms with E-state index in [0.717, 1.165) is 42.8 Å². The third-order valence-corrected chi connectivity index (χ3v) is 3.93. The summed E-state index contributed by atoms with van der Waals surface area (Å²) in [5, 5.41) is 0. The van der Waals surface area contributed by atoms with E-state index in [9.17, 15) is 0 Å². The van der Waals surface area contributed by atoms with Crippen LogP contribution < -0.4 is 10.5 Å². The molecule has 0 radical (unpaired) electrons. The van der Waals surface area contributed by atoms with Gasteiger partial charge in [-0.2, -0.15) is 0 Å². The Labute approximate surface area is 118 Å². The van der Waals surface area contributed by atoms with Crippen LogP contribution >= 0.6 is 0 Å². The Kier molecular flexibility index (Phi) is 3.78. The molecular weight excluding hydrogens is 254 g/mol. The van der Waals surface area contributed by atoms with Gasteiger partial charge in [-0.05, 0) is 37.8 Å². The Morgan fingerprint density at radius 2 is 2.35 bits per heavy atom. The normalized spacial score (nSPS) is 19.4. The van der Waals surface area contributed by atoms with E-state index in [0.29, 0.717) is 12.1 Å². The van der Waals surface area contributed by atoms with Gasteiger partial charge >= 0.3 is 0 Å². The van der Waals surface area contributed by atoms with Gasteiger partial charge in [-0.25, -0.2) is 4.98 Å². The molecule has 1 atom stereocenters. The Balaban J connectivity index is 1.80. The molecule has 1 saturated heterocycles. The second-order valence-corrected chi connectivity index (χ2v) is 5.25. The summed E-state index contributed by atoms with van der Waals surface area (Å²) in [6, 6.07) is 5.84. The van der Waals surface area contributed by atoms with Gasteiger partial charge in [0.1, 0.15) is 5.75 Å². The van der Waals surface area contributed by atoms with Gasteiger partial charge in [0, 0.05) is 19.2 Å². The summed E-state index contributed by atoms with van der Waals surface area (Å²) >= 11 is 0. The molecule has 1 fully saturated rings. The minimum atomic E-state index is 0.353. The predicted octanol–water partition coefficient (Wildman–Crippen LogP) is 2.59. The maximum atomic E-state index is 6.03. The highest BCUT2D eigenvalue weighted by Gasteiger charge is 2.15. The molecule has 3 rings (SSSR count). The maximum absolute atomic E-state index is 6.03. The van der Waals surface area contributed by atoms with Crippen molar-refractivity contribution in [3.05, 3.63) is 18.2 Å². The fraction of sp³-hybridized carbons (Fsp3) is 0.533. The zero-order valence-electron chi connectivity index (χ0n) is 11.8. The van der Waals surface area contributed by atoms with E-state index in [1.807, 2.05) is 18.2 Å². The number of nitrogen functional groups attached to an aromatic ring is 1. The second kappa shape index (κ2) is 5.71. The Hall–Kier alpha value is -1.75. The van der Waals surface area contributed by atoms with Crippen LogP contribution in [0.5, 0.6) is 5.75 Å². The van der Waals surface area contributed by atoms with Crippen molar-refractivity contribution >= 4 is 17.0 Å². The number of nitrogens with zero attached hydrogens (tertiary/aromatic N) is 2. The molecule has 1 unspecified atom stereocenters. The molecule has 108 valence electrons. The molecule has 20 heavy (non-hydrogen) atoms. The number of aryl methyl sites for hydroxylation is 1. The lowest BCUT2D eigenvalue weighted by Gasteiger charge is -2.22. The van der Waals surface area contributed by atoms with Crippen LogP contribution in [0.4, 0.5) is 5.95 Å². The molecule has 5 heteroatoms. The SMILES string of the molecule is COc1ccc2nc(N)n(CCC3CCCCO3)c2c1. The molecule has 0 saturated carbocycles. The average Bonchev–Trinajstić information content (AvgIpc) is 2.80. The van der Waals surface area contributed by atoms with Crippen LogP contribution in [0.1, 0.15) is 25.7 Å². The predicted molar refractivity (Wildman–Crippen MR) is 78.9 cm³/mol. The van der Waals surface area contributed by atoms with Crippen molar-refractivity contribution in [1.29, 1.82) is 0 Å². The number of fused-ring (bicyclic) bond motifs is 1. The first-order valence-electron chi connectivity index (χ1n) is 7.19. The first-order valence-corrected chi connectivity index (χ1v) is 7.19. The van der Waals surface area contributed by atoms with E-state index < -0.39 is 0 Å². The van der Waals surface area contributed by atoms with Crippen molar-refractivity contribution in [3.8, 4) is 5.75 Å². The van der Waals surface area contributed by atoms with Crippen LogP contribution in [0.25, 0.3) is 11.0 Å². The van der Waals surface area contributed by atoms with Crippen molar-refractivity contribution in [3.63, 3.8) is 0 Å². The number of nitrogens with two attached hydrogens (primary N) is 1. The Morgan fingerprint density at radius 1 is 1.45 bits per heavy atom. The summed E-state index contributed by atoms with van der Waals surface area (Å²) in [4.78, 5) is 4.40. The fourth-order valence-corrected chi connectivity index (χ4v) is 2.79. The molecule has 2 N–H and O–H groups in total. The minimum absolute atomic E-state index is 0.353. The number of methoxy groups -OCH3 is 1. The number of anilines is 1. The molecule has 1 aromatic heterocycles. The first-order chi connectivity index (χ1) is 9.78. The largest absolute Gasteiger partial charge is 0.497 e. The molecule has 1 aliphatic rings.